The molecule has 1 aliphatic rings. The van der Waals surface area contributed by atoms with Gasteiger partial charge in [-0.1, -0.05) is 58.0 Å². The molecule has 1 amide bonds. The maximum atomic E-state index is 12.4. The summed E-state index contributed by atoms with van der Waals surface area (Å²) in [4.78, 5) is 23.7. The highest BCUT2D eigenvalue weighted by molar-refractivity contribution is 5.91. The second-order valence-corrected chi connectivity index (χ2v) is 6.76. The number of carboxylic acid groups (broad SMARTS) is 1. The van der Waals surface area contributed by atoms with E-state index in [1.54, 1.807) is 0 Å². The summed E-state index contributed by atoms with van der Waals surface area (Å²) in [5.41, 5.74) is 0.583. The summed E-state index contributed by atoms with van der Waals surface area (Å²) < 4.78 is 0. The van der Waals surface area contributed by atoms with E-state index in [0.29, 0.717) is 0 Å². The van der Waals surface area contributed by atoms with Gasteiger partial charge in [0, 0.05) is 0 Å². The first-order chi connectivity index (χ1) is 9.76. The lowest BCUT2D eigenvalue weighted by Crippen LogP contribution is -2.34. The number of nitrogens with one attached hydrogen (secondary N) is 1. The number of carbonyl (C=O) groups excluding carboxylic acids is 1. The monoisotopic (exact) mass is 289 g/mol. The van der Waals surface area contributed by atoms with Gasteiger partial charge in [-0.25, -0.2) is 0 Å². The van der Waals surface area contributed by atoms with Crippen LogP contribution >= 0.6 is 0 Å². The van der Waals surface area contributed by atoms with Gasteiger partial charge in [0.25, 0.3) is 0 Å². The highest BCUT2D eigenvalue weighted by Crippen LogP contribution is 2.58. The number of hydrogen-bond donors (Lipinski definition) is 2. The van der Waals surface area contributed by atoms with Crippen molar-refractivity contribution in [2.24, 2.45) is 23.2 Å². The number of hydrogen-bond acceptors (Lipinski definition) is 2. The predicted molar refractivity (Wildman–Crippen MR) is 80.6 cm³/mol. The van der Waals surface area contributed by atoms with Gasteiger partial charge in [-0.3, -0.25) is 9.59 Å². The molecule has 1 aromatic carbocycles. The molecule has 0 aliphatic heterocycles. The second kappa shape index (κ2) is 5.51. The van der Waals surface area contributed by atoms with Crippen LogP contribution in [-0.4, -0.2) is 17.0 Å². The molecule has 114 valence electrons. The average molecular weight is 289 g/mol. The third kappa shape index (κ3) is 2.94. The lowest BCUT2D eigenvalue weighted by Gasteiger charge is -2.23. The van der Waals surface area contributed by atoms with Crippen molar-refractivity contribution in [3.63, 3.8) is 0 Å². The normalized spacial score (nSPS) is 24.4. The van der Waals surface area contributed by atoms with Crippen LogP contribution in [0, 0.1) is 23.2 Å². The Balaban J connectivity index is 2.13. The maximum absolute atomic E-state index is 12.4. The number of amides is 1. The molecule has 2 rings (SSSR count). The number of benzene rings is 1. The van der Waals surface area contributed by atoms with Gasteiger partial charge in [0.15, 0.2) is 0 Å². The topological polar surface area (TPSA) is 66.4 Å². The minimum absolute atomic E-state index is 0.0930. The van der Waals surface area contributed by atoms with E-state index in [1.165, 1.54) is 0 Å². The minimum Gasteiger partial charge on any atom is -0.481 e. The van der Waals surface area contributed by atoms with Crippen molar-refractivity contribution in [2.45, 2.75) is 33.7 Å². The summed E-state index contributed by atoms with van der Waals surface area (Å²) in [6.07, 6.45) is 0. The van der Waals surface area contributed by atoms with Crippen LogP contribution in [0.25, 0.3) is 0 Å². The van der Waals surface area contributed by atoms with Gasteiger partial charge < -0.3 is 10.4 Å². The number of rotatable bonds is 5. The lowest BCUT2D eigenvalue weighted by molar-refractivity contribution is -0.140. The van der Waals surface area contributed by atoms with Crippen molar-refractivity contribution in [2.75, 3.05) is 0 Å². The Morgan fingerprint density at radius 2 is 1.71 bits per heavy atom. The van der Waals surface area contributed by atoms with Crippen LogP contribution in [0.4, 0.5) is 0 Å². The molecule has 3 atom stereocenters. The maximum Gasteiger partial charge on any atom is 0.307 e. The van der Waals surface area contributed by atoms with E-state index in [9.17, 15) is 14.7 Å². The van der Waals surface area contributed by atoms with E-state index in [4.69, 9.17) is 0 Å². The van der Waals surface area contributed by atoms with Crippen LogP contribution in [-0.2, 0) is 9.59 Å². The molecule has 0 saturated heterocycles. The standard InChI is InChI=1S/C17H23NO3/c1-10(2)14(11-8-6-5-7-9-11)18-15(19)12-13(16(20)21)17(12,3)4/h5-10,12-14H,1-4H3,(H,18,19)(H,20,21)/t12-,13+,14?/m1/s1. The van der Waals surface area contributed by atoms with E-state index in [0.717, 1.165) is 5.56 Å². The highest BCUT2D eigenvalue weighted by Gasteiger charge is 2.66. The summed E-state index contributed by atoms with van der Waals surface area (Å²) in [6, 6.07) is 9.70. The molecule has 1 aromatic rings. The molecule has 1 fully saturated rings. The van der Waals surface area contributed by atoms with Crippen molar-refractivity contribution in [3.8, 4) is 0 Å². The van der Waals surface area contributed by atoms with Gasteiger partial charge in [0.2, 0.25) is 5.91 Å². The highest BCUT2D eigenvalue weighted by atomic mass is 16.4. The average Bonchev–Trinajstić information content (AvgIpc) is 2.99. The predicted octanol–water partition coefficient (Wildman–Crippen LogP) is 2.86. The molecule has 0 radical (unpaired) electrons. The Bertz CT molecular complexity index is 536. The van der Waals surface area contributed by atoms with Crippen LogP contribution < -0.4 is 5.32 Å². The van der Waals surface area contributed by atoms with Gasteiger partial charge in [-0.2, -0.15) is 0 Å². The van der Waals surface area contributed by atoms with Crippen molar-refractivity contribution < 1.29 is 14.7 Å². The first-order valence-electron chi connectivity index (χ1n) is 7.35. The Morgan fingerprint density at radius 1 is 1.14 bits per heavy atom. The van der Waals surface area contributed by atoms with Gasteiger partial charge in [-0.15, -0.1) is 0 Å². The molecule has 21 heavy (non-hydrogen) atoms. The fraction of sp³-hybridized carbons (Fsp3) is 0.529. The van der Waals surface area contributed by atoms with Gasteiger partial charge in [-0.05, 0) is 16.9 Å². The first-order valence-corrected chi connectivity index (χ1v) is 7.35. The SMILES string of the molecule is CC(C)C(NC(=O)[C@H]1[C@@H](C(=O)O)C1(C)C)c1ccccc1. The summed E-state index contributed by atoms with van der Waals surface area (Å²) in [7, 11) is 0. The number of carboxylic acids is 1. The molecule has 1 unspecified atom stereocenters. The molecule has 1 saturated carbocycles. The molecule has 0 heterocycles. The Labute approximate surface area is 125 Å². The quantitative estimate of drug-likeness (QED) is 0.876. The molecule has 0 spiro atoms. The molecular formula is C17H23NO3. The van der Waals surface area contributed by atoms with Crippen molar-refractivity contribution in [3.05, 3.63) is 35.9 Å². The minimum atomic E-state index is -0.888. The van der Waals surface area contributed by atoms with Gasteiger partial charge in [0.05, 0.1) is 17.9 Å². The summed E-state index contributed by atoms with van der Waals surface area (Å²) in [6.45, 7) is 7.77. The van der Waals surface area contributed by atoms with E-state index >= 15 is 0 Å². The Morgan fingerprint density at radius 3 is 2.14 bits per heavy atom. The fourth-order valence-corrected chi connectivity index (χ4v) is 3.13. The summed E-state index contributed by atoms with van der Waals surface area (Å²) in [5.74, 6) is -1.83. The molecule has 0 aromatic heterocycles. The fourth-order valence-electron chi connectivity index (χ4n) is 3.13. The van der Waals surface area contributed by atoms with Crippen LogP contribution in [0.2, 0.25) is 0 Å². The molecule has 0 bridgehead atoms. The Kier molecular flexibility index (Phi) is 4.08. The third-order valence-corrected chi connectivity index (χ3v) is 4.50. The van der Waals surface area contributed by atoms with Crippen molar-refractivity contribution in [1.29, 1.82) is 0 Å². The summed E-state index contributed by atoms with van der Waals surface area (Å²) in [5, 5.41) is 12.2. The van der Waals surface area contributed by atoms with Gasteiger partial charge in [0.1, 0.15) is 0 Å². The molecular weight excluding hydrogens is 266 g/mol. The Hall–Kier alpha value is -1.84. The van der Waals surface area contributed by atoms with Gasteiger partial charge >= 0.3 is 5.97 Å². The lowest BCUT2D eigenvalue weighted by atomic mass is 9.95. The summed E-state index contributed by atoms with van der Waals surface area (Å²) >= 11 is 0. The van der Waals surface area contributed by atoms with Crippen LogP contribution in [0.3, 0.4) is 0 Å². The van der Waals surface area contributed by atoms with E-state index in [1.807, 2.05) is 58.0 Å². The van der Waals surface area contributed by atoms with E-state index in [2.05, 4.69) is 5.32 Å². The van der Waals surface area contributed by atoms with Crippen LogP contribution in [0.1, 0.15) is 39.3 Å². The number of aliphatic carboxylic acids is 1. The number of carbonyl (C=O) groups is 2. The zero-order valence-electron chi connectivity index (χ0n) is 13.0. The third-order valence-electron chi connectivity index (χ3n) is 4.50. The molecule has 1 aliphatic carbocycles. The van der Waals surface area contributed by atoms with Crippen LogP contribution in [0.5, 0.6) is 0 Å². The van der Waals surface area contributed by atoms with Crippen LogP contribution in [0.15, 0.2) is 30.3 Å². The smallest absolute Gasteiger partial charge is 0.307 e. The first kappa shape index (κ1) is 15.5. The second-order valence-electron chi connectivity index (χ2n) is 6.76. The zero-order chi connectivity index (χ0) is 15.8. The zero-order valence-corrected chi connectivity index (χ0v) is 13.0. The van der Waals surface area contributed by atoms with Crippen molar-refractivity contribution in [1.82, 2.24) is 5.32 Å². The molecule has 4 heteroatoms. The van der Waals surface area contributed by atoms with Crippen molar-refractivity contribution >= 4 is 11.9 Å². The van der Waals surface area contributed by atoms with E-state index < -0.39 is 23.2 Å². The largest absolute Gasteiger partial charge is 0.481 e. The van der Waals surface area contributed by atoms with E-state index in [-0.39, 0.29) is 17.9 Å². The molecule has 4 nitrogen and oxygen atoms in total. The molecule has 2 N–H and O–H groups in total.